The predicted octanol–water partition coefficient (Wildman–Crippen LogP) is 12.2. The zero-order valence-corrected chi connectivity index (χ0v) is 28.5. The van der Waals surface area contributed by atoms with E-state index in [-0.39, 0.29) is 24.6 Å². The van der Waals surface area contributed by atoms with E-state index in [2.05, 4.69) is 27.0 Å². The lowest BCUT2D eigenvalue weighted by Crippen LogP contribution is -2.22. The standard InChI is InChI=1S/C31H60O4.2C3H6/c1-4-6-8-10-12-14-16-18-20-22-24-26-30(32)34-28-29(3)35-31(33)27-25-23-21-19-17-15-13-11-9-7-5-2;2*1-3-2/h29H,4-28H2,1-3H3;2*3H,1H2,2H3. The van der Waals surface area contributed by atoms with Crippen molar-refractivity contribution < 1.29 is 19.1 Å². The van der Waals surface area contributed by atoms with Crippen molar-refractivity contribution >= 4 is 11.9 Å². The third-order valence-electron chi connectivity index (χ3n) is 6.78. The zero-order valence-electron chi connectivity index (χ0n) is 28.5. The van der Waals surface area contributed by atoms with Gasteiger partial charge in [-0.15, -0.1) is 13.2 Å². The molecule has 0 aliphatic heterocycles. The zero-order chi connectivity index (χ0) is 31.2. The van der Waals surface area contributed by atoms with Crippen molar-refractivity contribution in [3.8, 4) is 0 Å². The third kappa shape index (κ3) is 45.6. The van der Waals surface area contributed by atoms with Crippen LogP contribution in [0.2, 0.25) is 0 Å². The van der Waals surface area contributed by atoms with Gasteiger partial charge in [0.25, 0.3) is 0 Å². The first kappa shape index (κ1) is 43.9. The van der Waals surface area contributed by atoms with Gasteiger partial charge in [0.15, 0.2) is 0 Å². The molecule has 0 aliphatic carbocycles. The van der Waals surface area contributed by atoms with E-state index in [0.717, 1.165) is 25.7 Å². The van der Waals surface area contributed by atoms with Crippen LogP contribution in [0.3, 0.4) is 0 Å². The maximum Gasteiger partial charge on any atom is 0.306 e. The second-order valence-electron chi connectivity index (χ2n) is 11.4. The van der Waals surface area contributed by atoms with E-state index in [1.165, 1.54) is 116 Å². The van der Waals surface area contributed by atoms with Crippen LogP contribution in [0.25, 0.3) is 0 Å². The lowest BCUT2D eigenvalue weighted by Gasteiger charge is -2.13. The van der Waals surface area contributed by atoms with Crippen LogP contribution in [0.5, 0.6) is 0 Å². The molecule has 41 heavy (non-hydrogen) atoms. The summed E-state index contributed by atoms with van der Waals surface area (Å²) in [6.07, 6.45) is 32.0. The van der Waals surface area contributed by atoms with E-state index in [4.69, 9.17) is 9.47 Å². The summed E-state index contributed by atoms with van der Waals surface area (Å²) in [4.78, 5) is 23.9. The van der Waals surface area contributed by atoms with Gasteiger partial charge in [-0.3, -0.25) is 9.59 Å². The van der Waals surface area contributed by atoms with E-state index < -0.39 is 0 Å². The van der Waals surface area contributed by atoms with Crippen molar-refractivity contribution in [1.29, 1.82) is 0 Å². The van der Waals surface area contributed by atoms with Gasteiger partial charge in [0.05, 0.1) is 0 Å². The first-order chi connectivity index (χ1) is 19.9. The monoisotopic (exact) mass is 581 g/mol. The highest BCUT2D eigenvalue weighted by Crippen LogP contribution is 2.14. The summed E-state index contributed by atoms with van der Waals surface area (Å²) in [7, 11) is 0. The highest BCUT2D eigenvalue weighted by molar-refractivity contribution is 5.70. The molecule has 4 nitrogen and oxygen atoms in total. The SMILES string of the molecule is C=CC.C=CC.CCCCCCCCCCCCCC(=O)OCC(C)OC(=O)CCCCCCCCCCCCC. The van der Waals surface area contributed by atoms with Crippen molar-refractivity contribution in [1.82, 2.24) is 0 Å². The molecule has 0 rings (SSSR count). The fourth-order valence-electron chi connectivity index (χ4n) is 4.47. The second-order valence-corrected chi connectivity index (χ2v) is 11.4. The summed E-state index contributed by atoms with van der Waals surface area (Å²) in [6.45, 7) is 17.0. The van der Waals surface area contributed by atoms with Gasteiger partial charge in [-0.2, -0.15) is 0 Å². The fraction of sp³-hybridized carbons (Fsp3) is 0.838. The molecule has 0 N–H and O–H groups in total. The lowest BCUT2D eigenvalue weighted by atomic mass is 10.1. The Hall–Kier alpha value is -1.58. The number of ether oxygens (including phenoxy) is 2. The molecule has 4 heteroatoms. The van der Waals surface area contributed by atoms with Crippen molar-refractivity contribution in [2.75, 3.05) is 6.61 Å². The molecule has 1 atom stereocenters. The summed E-state index contributed by atoms with van der Waals surface area (Å²) in [5, 5.41) is 0. The van der Waals surface area contributed by atoms with E-state index in [1.807, 2.05) is 13.8 Å². The molecule has 0 aromatic carbocycles. The van der Waals surface area contributed by atoms with Crippen LogP contribution in [0, 0.1) is 0 Å². The first-order valence-corrected chi connectivity index (χ1v) is 17.4. The lowest BCUT2D eigenvalue weighted by molar-refractivity contribution is -0.158. The minimum absolute atomic E-state index is 0.168. The number of hydrogen-bond acceptors (Lipinski definition) is 4. The number of esters is 2. The molecule has 0 aromatic heterocycles. The van der Waals surface area contributed by atoms with Gasteiger partial charge in [0.2, 0.25) is 0 Å². The topological polar surface area (TPSA) is 52.6 Å². The van der Waals surface area contributed by atoms with Gasteiger partial charge < -0.3 is 9.47 Å². The van der Waals surface area contributed by atoms with Crippen molar-refractivity contribution in [3.63, 3.8) is 0 Å². The van der Waals surface area contributed by atoms with Gasteiger partial charge in [-0.1, -0.05) is 154 Å². The van der Waals surface area contributed by atoms with Crippen LogP contribution in [0.15, 0.2) is 25.3 Å². The molecule has 0 radical (unpaired) electrons. The number of rotatable bonds is 27. The molecule has 0 aliphatic rings. The molecule has 244 valence electrons. The van der Waals surface area contributed by atoms with E-state index in [0.29, 0.717) is 12.8 Å². The normalized spacial score (nSPS) is 10.9. The molecular formula is C37H72O4. The maximum atomic E-state index is 12.0. The molecule has 0 amide bonds. The summed E-state index contributed by atoms with van der Waals surface area (Å²) in [5.74, 6) is -0.343. The molecule has 0 bridgehead atoms. The Labute approximate surface area is 257 Å². The minimum Gasteiger partial charge on any atom is -0.462 e. The number of hydrogen-bond donors (Lipinski definition) is 0. The Morgan fingerprint density at radius 2 is 0.805 bits per heavy atom. The quantitative estimate of drug-likeness (QED) is 0.0551. The number of unbranched alkanes of at least 4 members (excludes halogenated alkanes) is 20. The Bertz CT molecular complexity index is 537. The van der Waals surface area contributed by atoms with Gasteiger partial charge in [-0.25, -0.2) is 0 Å². The van der Waals surface area contributed by atoms with Crippen LogP contribution in [0.4, 0.5) is 0 Å². The van der Waals surface area contributed by atoms with Crippen molar-refractivity contribution in [3.05, 3.63) is 25.3 Å². The average molecular weight is 581 g/mol. The second kappa shape index (κ2) is 40.6. The van der Waals surface area contributed by atoms with Gasteiger partial charge in [-0.05, 0) is 33.6 Å². The first-order valence-electron chi connectivity index (χ1n) is 17.4. The van der Waals surface area contributed by atoms with Crippen LogP contribution in [-0.2, 0) is 19.1 Å². The fourth-order valence-corrected chi connectivity index (χ4v) is 4.47. The smallest absolute Gasteiger partial charge is 0.306 e. The van der Waals surface area contributed by atoms with Crippen molar-refractivity contribution in [2.45, 2.75) is 195 Å². The minimum atomic E-state index is -0.364. The van der Waals surface area contributed by atoms with Crippen LogP contribution < -0.4 is 0 Å². The van der Waals surface area contributed by atoms with E-state index in [1.54, 1.807) is 19.1 Å². The van der Waals surface area contributed by atoms with Crippen LogP contribution in [0.1, 0.15) is 189 Å². The average Bonchev–Trinajstić information content (AvgIpc) is 2.94. The summed E-state index contributed by atoms with van der Waals surface area (Å²) < 4.78 is 10.7. The third-order valence-corrected chi connectivity index (χ3v) is 6.78. The van der Waals surface area contributed by atoms with E-state index in [9.17, 15) is 9.59 Å². The van der Waals surface area contributed by atoms with E-state index >= 15 is 0 Å². The highest BCUT2D eigenvalue weighted by atomic mass is 16.6. The van der Waals surface area contributed by atoms with Gasteiger partial charge in [0, 0.05) is 12.8 Å². The molecule has 0 saturated carbocycles. The number of allylic oxidation sites excluding steroid dienone is 2. The molecule has 0 heterocycles. The predicted molar refractivity (Wildman–Crippen MR) is 180 cm³/mol. The van der Waals surface area contributed by atoms with Gasteiger partial charge in [0.1, 0.15) is 12.7 Å². The highest BCUT2D eigenvalue weighted by Gasteiger charge is 2.12. The Kier molecular flexibility index (Phi) is 43.4. The number of carbonyl (C=O) groups is 2. The Morgan fingerprint density at radius 3 is 1.12 bits per heavy atom. The molecular weight excluding hydrogens is 508 g/mol. The van der Waals surface area contributed by atoms with Crippen LogP contribution >= 0.6 is 0 Å². The molecule has 1 unspecified atom stereocenters. The Morgan fingerprint density at radius 1 is 0.537 bits per heavy atom. The van der Waals surface area contributed by atoms with Crippen LogP contribution in [-0.4, -0.2) is 24.6 Å². The summed E-state index contributed by atoms with van der Waals surface area (Å²) in [5.41, 5.74) is 0. The van der Waals surface area contributed by atoms with Crippen molar-refractivity contribution in [2.24, 2.45) is 0 Å². The molecule has 0 saturated heterocycles. The summed E-state index contributed by atoms with van der Waals surface area (Å²) >= 11 is 0. The number of carbonyl (C=O) groups excluding carboxylic acids is 2. The molecule has 0 spiro atoms. The largest absolute Gasteiger partial charge is 0.462 e. The molecule has 0 aromatic rings. The summed E-state index contributed by atoms with van der Waals surface area (Å²) in [6, 6.07) is 0. The molecule has 0 fully saturated rings. The van der Waals surface area contributed by atoms with Gasteiger partial charge >= 0.3 is 11.9 Å². The maximum absolute atomic E-state index is 12.0. The Balaban J connectivity index is -0.00000219.